The predicted molar refractivity (Wildman–Crippen MR) is 61.1 cm³/mol. The maximum atomic E-state index is 11.0. The van der Waals surface area contributed by atoms with Crippen LogP contribution in [0.1, 0.15) is 25.5 Å². The average Bonchev–Trinajstić information content (AvgIpc) is 2.69. The molecule has 1 atom stereocenters. The van der Waals surface area contributed by atoms with Gasteiger partial charge in [-0.1, -0.05) is 6.92 Å². The van der Waals surface area contributed by atoms with Crippen molar-refractivity contribution < 1.29 is 4.79 Å². The average molecular weight is 225 g/mol. The summed E-state index contributed by atoms with van der Waals surface area (Å²) in [7, 11) is 0. The first-order valence-corrected chi connectivity index (χ1v) is 6.13. The molecule has 0 bridgehead atoms. The van der Waals surface area contributed by atoms with Crippen molar-refractivity contribution in [2.75, 3.05) is 11.9 Å². The molecule has 2 rings (SSSR count). The van der Waals surface area contributed by atoms with Gasteiger partial charge >= 0.3 is 0 Å². The van der Waals surface area contributed by atoms with Crippen molar-refractivity contribution in [3.05, 3.63) is 11.1 Å². The van der Waals surface area contributed by atoms with E-state index < -0.39 is 0 Å². The molecule has 0 radical (unpaired) electrons. The molecule has 1 aromatic heterocycles. The number of piperidine rings is 1. The van der Waals surface area contributed by atoms with Crippen LogP contribution >= 0.6 is 11.3 Å². The standard InChI is InChI=1S/C10H15N3OS/c1-2-7-6-15-10(12-7)13-8-3-4-9(14)11-5-8/h6,8H,2-5H2,1H3,(H,11,14)(H,12,13). The molecule has 0 spiro atoms. The monoisotopic (exact) mass is 225 g/mol. The van der Waals surface area contributed by atoms with Crippen LogP contribution in [0.25, 0.3) is 0 Å². The molecule has 2 heterocycles. The summed E-state index contributed by atoms with van der Waals surface area (Å²) >= 11 is 1.63. The first kappa shape index (κ1) is 10.4. The van der Waals surface area contributed by atoms with Gasteiger partial charge in [0.05, 0.1) is 5.69 Å². The third-order valence-corrected chi connectivity index (χ3v) is 3.33. The molecule has 15 heavy (non-hydrogen) atoms. The van der Waals surface area contributed by atoms with E-state index in [2.05, 4.69) is 27.9 Å². The number of aryl methyl sites for hydroxylation is 1. The molecule has 1 aliphatic rings. The highest BCUT2D eigenvalue weighted by Crippen LogP contribution is 2.18. The molecule has 2 N–H and O–H groups in total. The van der Waals surface area contributed by atoms with Crippen LogP contribution in [0.15, 0.2) is 5.38 Å². The lowest BCUT2D eigenvalue weighted by atomic mass is 10.1. The van der Waals surface area contributed by atoms with Crippen LogP contribution in [0.2, 0.25) is 0 Å². The number of carbonyl (C=O) groups is 1. The Balaban J connectivity index is 1.88. The molecule has 0 aliphatic carbocycles. The summed E-state index contributed by atoms with van der Waals surface area (Å²) in [5, 5.41) is 9.24. The highest BCUT2D eigenvalue weighted by Gasteiger charge is 2.18. The quantitative estimate of drug-likeness (QED) is 0.817. The number of thiazole rings is 1. The van der Waals surface area contributed by atoms with Crippen LogP contribution in [0.5, 0.6) is 0 Å². The van der Waals surface area contributed by atoms with Crippen molar-refractivity contribution in [1.29, 1.82) is 0 Å². The van der Waals surface area contributed by atoms with Crippen LogP contribution in [-0.4, -0.2) is 23.5 Å². The van der Waals surface area contributed by atoms with Crippen LogP contribution < -0.4 is 10.6 Å². The summed E-state index contributed by atoms with van der Waals surface area (Å²) < 4.78 is 0. The first-order chi connectivity index (χ1) is 7.28. The van der Waals surface area contributed by atoms with Gasteiger partial charge in [-0.15, -0.1) is 11.3 Å². The van der Waals surface area contributed by atoms with Crippen LogP contribution in [-0.2, 0) is 11.2 Å². The predicted octanol–water partition coefficient (Wildman–Crippen LogP) is 1.40. The first-order valence-electron chi connectivity index (χ1n) is 5.25. The minimum absolute atomic E-state index is 0.154. The summed E-state index contributed by atoms with van der Waals surface area (Å²) in [5.41, 5.74) is 1.13. The second kappa shape index (κ2) is 4.61. The van der Waals surface area contributed by atoms with Crippen molar-refractivity contribution in [3.63, 3.8) is 0 Å². The van der Waals surface area contributed by atoms with Gasteiger partial charge < -0.3 is 10.6 Å². The van der Waals surface area contributed by atoms with Crippen molar-refractivity contribution in [2.24, 2.45) is 0 Å². The van der Waals surface area contributed by atoms with Gasteiger partial charge in [-0.3, -0.25) is 4.79 Å². The molecule has 4 nitrogen and oxygen atoms in total. The maximum absolute atomic E-state index is 11.0. The Kier molecular flexibility index (Phi) is 3.20. The number of anilines is 1. The van der Waals surface area contributed by atoms with Crippen LogP contribution in [0, 0.1) is 0 Å². The van der Waals surface area contributed by atoms with Crippen molar-refractivity contribution in [3.8, 4) is 0 Å². The Morgan fingerprint density at radius 3 is 3.20 bits per heavy atom. The van der Waals surface area contributed by atoms with Gasteiger partial charge in [0, 0.05) is 24.4 Å². The van der Waals surface area contributed by atoms with E-state index in [4.69, 9.17) is 0 Å². The number of nitrogens with zero attached hydrogens (tertiary/aromatic N) is 1. The molecule has 1 saturated heterocycles. The van der Waals surface area contributed by atoms with E-state index in [0.717, 1.165) is 23.7 Å². The van der Waals surface area contributed by atoms with E-state index in [1.54, 1.807) is 11.3 Å². The molecule has 1 unspecified atom stereocenters. The Hall–Kier alpha value is -1.10. The van der Waals surface area contributed by atoms with E-state index in [-0.39, 0.29) is 5.91 Å². The van der Waals surface area contributed by atoms with Gasteiger partial charge in [0.25, 0.3) is 0 Å². The molecule has 5 heteroatoms. The van der Waals surface area contributed by atoms with Crippen molar-refractivity contribution >= 4 is 22.4 Å². The highest BCUT2D eigenvalue weighted by atomic mass is 32.1. The molecule has 0 saturated carbocycles. The summed E-state index contributed by atoms with van der Waals surface area (Å²) in [4.78, 5) is 15.4. The van der Waals surface area contributed by atoms with Crippen LogP contribution in [0.3, 0.4) is 0 Å². The van der Waals surface area contributed by atoms with E-state index in [9.17, 15) is 4.79 Å². The van der Waals surface area contributed by atoms with Crippen molar-refractivity contribution in [2.45, 2.75) is 32.2 Å². The largest absolute Gasteiger partial charge is 0.357 e. The second-order valence-corrected chi connectivity index (χ2v) is 4.54. The SMILES string of the molecule is CCc1csc(NC2CCC(=O)NC2)n1. The minimum atomic E-state index is 0.154. The zero-order valence-electron chi connectivity index (χ0n) is 8.75. The zero-order valence-corrected chi connectivity index (χ0v) is 9.56. The lowest BCUT2D eigenvalue weighted by Gasteiger charge is -2.22. The maximum Gasteiger partial charge on any atom is 0.220 e. The fourth-order valence-electron chi connectivity index (χ4n) is 1.57. The number of hydrogen-bond acceptors (Lipinski definition) is 4. The molecule has 82 valence electrons. The molecule has 1 amide bonds. The van der Waals surface area contributed by atoms with Gasteiger partial charge in [-0.25, -0.2) is 4.98 Å². The fraction of sp³-hybridized carbons (Fsp3) is 0.600. The van der Waals surface area contributed by atoms with Gasteiger partial charge in [0.15, 0.2) is 5.13 Å². The molecule has 0 aromatic carbocycles. The third kappa shape index (κ3) is 2.68. The minimum Gasteiger partial charge on any atom is -0.357 e. The molecular formula is C10H15N3OS. The molecule has 1 fully saturated rings. The highest BCUT2D eigenvalue weighted by molar-refractivity contribution is 7.13. The number of aromatic nitrogens is 1. The lowest BCUT2D eigenvalue weighted by Crippen LogP contribution is -2.41. The van der Waals surface area contributed by atoms with Gasteiger partial charge in [-0.05, 0) is 12.8 Å². The lowest BCUT2D eigenvalue weighted by molar-refractivity contribution is -0.122. The van der Waals surface area contributed by atoms with Crippen LogP contribution in [0.4, 0.5) is 5.13 Å². The summed E-state index contributed by atoms with van der Waals surface area (Å²) in [6.45, 7) is 2.81. The molecule has 1 aromatic rings. The van der Waals surface area contributed by atoms with E-state index in [0.29, 0.717) is 19.0 Å². The Morgan fingerprint density at radius 1 is 1.73 bits per heavy atom. The number of hydrogen-bond donors (Lipinski definition) is 2. The summed E-state index contributed by atoms with van der Waals surface area (Å²) in [5.74, 6) is 0.154. The molecular weight excluding hydrogens is 210 g/mol. The number of nitrogens with one attached hydrogen (secondary N) is 2. The smallest absolute Gasteiger partial charge is 0.220 e. The van der Waals surface area contributed by atoms with Crippen molar-refractivity contribution in [1.82, 2.24) is 10.3 Å². The topological polar surface area (TPSA) is 54.0 Å². The van der Waals surface area contributed by atoms with Gasteiger partial charge in [0.1, 0.15) is 0 Å². The zero-order chi connectivity index (χ0) is 10.7. The Bertz CT molecular complexity index is 340. The Morgan fingerprint density at radius 2 is 2.60 bits per heavy atom. The molecule has 1 aliphatic heterocycles. The summed E-state index contributed by atoms with van der Waals surface area (Å²) in [6, 6.07) is 0.332. The second-order valence-electron chi connectivity index (χ2n) is 3.68. The summed E-state index contributed by atoms with van der Waals surface area (Å²) in [6.07, 6.45) is 2.48. The van der Waals surface area contributed by atoms with E-state index in [1.165, 1.54) is 0 Å². The van der Waals surface area contributed by atoms with E-state index in [1.807, 2.05) is 0 Å². The Labute approximate surface area is 93.1 Å². The normalized spacial score (nSPS) is 21.1. The number of amides is 1. The van der Waals surface area contributed by atoms with Gasteiger partial charge in [-0.2, -0.15) is 0 Å². The third-order valence-electron chi connectivity index (χ3n) is 2.51. The number of rotatable bonds is 3. The van der Waals surface area contributed by atoms with E-state index >= 15 is 0 Å². The van der Waals surface area contributed by atoms with Gasteiger partial charge in [0.2, 0.25) is 5.91 Å². The number of carbonyl (C=O) groups excluding carboxylic acids is 1. The fourth-order valence-corrected chi connectivity index (χ4v) is 2.44.